The minimum Gasteiger partial charge on any atom is -0.493 e. The Bertz CT molecular complexity index is 1240. The van der Waals surface area contributed by atoms with E-state index in [2.05, 4.69) is 84.6 Å². The summed E-state index contributed by atoms with van der Waals surface area (Å²) in [5.74, 6) is 1.84. The molecule has 166 valence electrons. The molecule has 0 amide bonds. The molecule has 0 saturated carbocycles. The van der Waals surface area contributed by atoms with Crippen LogP contribution in [0.1, 0.15) is 11.1 Å². The molecular weight excluding hydrogens is 410 g/mol. The maximum atomic E-state index is 5.52. The van der Waals surface area contributed by atoms with Crippen molar-refractivity contribution < 1.29 is 18.8 Å². The zero-order chi connectivity index (χ0) is 23.2. The number of ether oxygens (including phenoxy) is 3. The van der Waals surface area contributed by atoms with E-state index in [9.17, 15) is 0 Å². The third-order valence-electron chi connectivity index (χ3n) is 5.57. The number of hydrogen-bond acceptors (Lipinski definition) is 3. The fourth-order valence-corrected chi connectivity index (χ4v) is 4.02. The Kier molecular flexibility index (Phi) is 6.75. The summed E-state index contributed by atoms with van der Waals surface area (Å²) in [6, 6.07) is 27.0. The third kappa shape index (κ3) is 4.75. The SMILES string of the molecule is COc1cc(/C=C/c2cc(-c3ccccc3)c[n+](C)c2-c2ccccc2)cc(OC)c1OC. The minimum absolute atomic E-state index is 0.583. The highest BCUT2D eigenvalue weighted by atomic mass is 16.5. The molecule has 0 radical (unpaired) electrons. The van der Waals surface area contributed by atoms with Gasteiger partial charge in [-0.1, -0.05) is 54.6 Å². The summed E-state index contributed by atoms with van der Waals surface area (Å²) >= 11 is 0. The van der Waals surface area contributed by atoms with E-state index in [0.717, 1.165) is 27.9 Å². The maximum absolute atomic E-state index is 5.52. The maximum Gasteiger partial charge on any atom is 0.219 e. The van der Waals surface area contributed by atoms with E-state index in [4.69, 9.17) is 14.2 Å². The van der Waals surface area contributed by atoms with Gasteiger partial charge in [-0.05, 0) is 47.5 Å². The Balaban J connectivity index is 1.85. The Hall–Kier alpha value is -4.05. The fourth-order valence-electron chi connectivity index (χ4n) is 4.02. The lowest BCUT2D eigenvalue weighted by Crippen LogP contribution is -2.31. The molecule has 0 aliphatic heterocycles. The summed E-state index contributed by atoms with van der Waals surface area (Å²) in [6.07, 6.45) is 6.38. The molecule has 1 aromatic heterocycles. The first-order valence-electron chi connectivity index (χ1n) is 10.8. The number of aryl methyl sites for hydroxylation is 1. The monoisotopic (exact) mass is 438 g/mol. The summed E-state index contributed by atoms with van der Waals surface area (Å²) in [4.78, 5) is 0. The van der Waals surface area contributed by atoms with Gasteiger partial charge in [0.05, 0.1) is 21.3 Å². The van der Waals surface area contributed by atoms with Gasteiger partial charge in [0.15, 0.2) is 17.7 Å². The van der Waals surface area contributed by atoms with E-state index in [0.29, 0.717) is 17.2 Å². The molecule has 0 aliphatic rings. The first-order chi connectivity index (χ1) is 16.1. The molecular formula is C29H28NO3+. The number of pyridine rings is 1. The molecule has 33 heavy (non-hydrogen) atoms. The van der Waals surface area contributed by atoms with Gasteiger partial charge in [-0.25, -0.2) is 0 Å². The second kappa shape index (κ2) is 10.0. The lowest BCUT2D eigenvalue weighted by molar-refractivity contribution is -0.660. The zero-order valence-electron chi connectivity index (χ0n) is 19.4. The number of rotatable bonds is 7. The predicted octanol–water partition coefficient (Wildman–Crippen LogP) is 6.04. The van der Waals surface area contributed by atoms with Crippen molar-refractivity contribution in [2.75, 3.05) is 21.3 Å². The second-order valence-corrected chi connectivity index (χ2v) is 7.67. The van der Waals surface area contributed by atoms with E-state index in [1.165, 1.54) is 5.56 Å². The average molecular weight is 439 g/mol. The molecule has 0 atom stereocenters. The third-order valence-corrected chi connectivity index (χ3v) is 5.57. The van der Waals surface area contributed by atoms with E-state index in [1.54, 1.807) is 21.3 Å². The number of hydrogen-bond donors (Lipinski definition) is 0. The molecule has 4 aromatic rings. The van der Waals surface area contributed by atoms with Gasteiger partial charge in [-0.15, -0.1) is 0 Å². The van der Waals surface area contributed by atoms with Crippen molar-refractivity contribution >= 4 is 12.2 Å². The Labute approximate surface area is 195 Å². The van der Waals surface area contributed by atoms with Crippen LogP contribution in [0.2, 0.25) is 0 Å². The summed E-state index contributed by atoms with van der Waals surface area (Å²) in [6.45, 7) is 0. The van der Waals surface area contributed by atoms with Crippen LogP contribution in [0, 0.1) is 0 Å². The lowest BCUT2D eigenvalue weighted by Gasteiger charge is -2.13. The highest BCUT2D eigenvalue weighted by Gasteiger charge is 2.18. The van der Waals surface area contributed by atoms with Gasteiger partial charge in [0.25, 0.3) is 0 Å². The predicted molar refractivity (Wildman–Crippen MR) is 134 cm³/mol. The van der Waals surface area contributed by atoms with Crippen LogP contribution < -0.4 is 18.8 Å². The summed E-state index contributed by atoms with van der Waals surface area (Å²) in [5.41, 5.74) is 6.69. The van der Waals surface area contributed by atoms with Crippen molar-refractivity contribution in [3.63, 3.8) is 0 Å². The number of aromatic nitrogens is 1. The Morgan fingerprint density at radius 1 is 0.636 bits per heavy atom. The number of benzene rings is 3. The largest absolute Gasteiger partial charge is 0.493 e. The fraction of sp³-hybridized carbons (Fsp3) is 0.138. The lowest BCUT2D eigenvalue weighted by atomic mass is 9.99. The van der Waals surface area contributed by atoms with Crippen LogP contribution in [0.3, 0.4) is 0 Å². The molecule has 0 N–H and O–H groups in total. The van der Waals surface area contributed by atoms with Crippen molar-refractivity contribution in [1.82, 2.24) is 0 Å². The quantitative estimate of drug-likeness (QED) is 0.330. The van der Waals surface area contributed by atoms with Gasteiger partial charge in [0.2, 0.25) is 11.4 Å². The molecule has 0 fully saturated rings. The van der Waals surface area contributed by atoms with Gasteiger partial charge in [-0.3, -0.25) is 0 Å². The van der Waals surface area contributed by atoms with Crippen LogP contribution in [0.5, 0.6) is 17.2 Å². The van der Waals surface area contributed by atoms with Gasteiger partial charge in [0, 0.05) is 16.7 Å². The average Bonchev–Trinajstić information content (AvgIpc) is 2.87. The molecule has 4 nitrogen and oxygen atoms in total. The molecule has 1 heterocycles. The van der Waals surface area contributed by atoms with Crippen LogP contribution >= 0.6 is 0 Å². The van der Waals surface area contributed by atoms with Crippen molar-refractivity contribution in [2.24, 2.45) is 7.05 Å². The standard InChI is InChI=1S/C29H28NO3/c1-30-20-25(22-11-7-5-8-12-22)19-24(28(30)23-13-9-6-10-14-23)16-15-21-17-26(31-2)29(33-4)27(18-21)32-3/h5-20H,1-4H3/q+1/b16-15+. The van der Waals surface area contributed by atoms with Gasteiger partial charge >= 0.3 is 0 Å². The zero-order valence-corrected chi connectivity index (χ0v) is 19.4. The van der Waals surface area contributed by atoms with Crippen LogP contribution in [-0.4, -0.2) is 21.3 Å². The number of methoxy groups -OCH3 is 3. The highest BCUT2D eigenvalue weighted by Crippen LogP contribution is 2.39. The Morgan fingerprint density at radius 2 is 1.21 bits per heavy atom. The summed E-state index contributed by atoms with van der Waals surface area (Å²) in [5, 5.41) is 0. The first-order valence-corrected chi connectivity index (χ1v) is 10.8. The molecule has 4 rings (SSSR count). The molecule has 0 aliphatic carbocycles. The Morgan fingerprint density at radius 3 is 1.76 bits per heavy atom. The molecule has 0 spiro atoms. The topological polar surface area (TPSA) is 31.6 Å². The van der Waals surface area contributed by atoms with Crippen molar-refractivity contribution in [1.29, 1.82) is 0 Å². The van der Waals surface area contributed by atoms with Crippen LogP contribution in [0.15, 0.2) is 85.1 Å². The van der Waals surface area contributed by atoms with Crippen LogP contribution in [-0.2, 0) is 7.05 Å². The molecule has 4 heteroatoms. The van der Waals surface area contributed by atoms with Crippen molar-refractivity contribution in [3.8, 4) is 39.6 Å². The second-order valence-electron chi connectivity index (χ2n) is 7.67. The van der Waals surface area contributed by atoms with Crippen molar-refractivity contribution in [3.05, 3.63) is 96.2 Å². The van der Waals surface area contributed by atoms with E-state index >= 15 is 0 Å². The normalized spacial score (nSPS) is 10.9. The summed E-state index contributed by atoms with van der Waals surface area (Å²) in [7, 11) is 6.95. The first kappa shape index (κ1) is 22.2. The number of nitrogens with zero attached hydrogens (tertiary/aromatic N) is 1. The summed E-state index contributed by atoms with van der Waals surface area (Å²) < 4.78 is 18.7. The van der Waals surface area contributed by atoms with Crippen LogP contribution in [0.25, 0.3) is 34.5 Å². The smallest absolute Gasteiger partial charge is 0.219 e. The van der Waals surface area contributed by atoms with E-state index in [1.807, 2.05) is 24.3 Å². The van der Waals surface area contributed by atoms with Gasteiger partial charge < -0.3 is 14.2 Å². The van der Waals surface area contributed by atoms with Crippen LogP contribution in [0.4, 0.5) is 0 Å². The minimum atomic E-state index is 0.583. The van der Waals surface area contributed by atoms with Gasteiger partial charge in [-0.2, -0.15) is 4.57 Å². The van der Waals surface area contributed by atoms with E-state index in [-0.39, 0.29) is 0 Å². The molecule has 0 unspecified atom stereocenters. The highest BCUT2D eigenvalue weighted by molar-refractivity contribution is 5.81. The van der Waals surface area contributed by atoms with Crippen molar-refractivity contribution in [2.45, 2.75) is 0 Å². The molecule has 0 bridgehead atoms. The molecule has 0 saturated heterocycles. The molecule has 3 aromatic carbocycles. The van der Waals surface area contributed by atoms with Gasteiger partial charge in [0.1, 0.15) is 7.05 Å². The van der Waals surface area contributed by atoms with E-state index < -0.39 is 0 Å².